The SMILES string of the molecule is CNC(=O)c1cccc(NC(=O)C2CCCCN2C(=O)c2cccs2)c1C. The lowest BCUT2D eigenvalue weighted by atomic mass is 10.00. The number of thiophene rings is 1. The Morgan fingerprint density at radius 2 is 1.96 bits per heavy atom. The van der Waals surface area contributed by atoms with Crippen molar-refractivity contribution in [3.05, 3.63) is 51.7 Å². The highest BCUT2D eigenvalue weighted by atomic mass is 32.1. The van der Waals surface area contributed by atoms with E-state index in [1.165, 1.54) is 11.3 Å². The number of amides is 3. The molecule has 1 saturated heterocycles. The van der Waals surface area contributed by atoms with Gasteiger partial charge in [0, 0.05) is 24.8 Å². The first kappa shape index (κ1) is 19.1. The molecular weight excluding hydrogens is 362 g/mol. The third-order valence-electron chi connectivity index (χ3n) is 4.86. The molecule has 7 heteroatoms. The van der Waals surface area contributed by atoms with Crippen molar-refractivity contribution in [2.45, 2.75) is 32.2 Å². The number of benzene rings is 1. The van der Waals surface area contributed by atoms with Crippen molar-refractivity contribution in [3.63, 3.8) is 0 Å². The molecular formula is C20H23N3O3S. The molecule has 3 amide bonds. The van der Waals surface area contributed by atoms with Crippen LogP contribution in [0.25, 0.3) is 0 Å². The van der Waals surface area contributed by atoms with Gasteiger partial charge in [0.25, 0.3) is 11.8 Å². The van der Waals surface area contributed by atoms with E-state index in [9.17, 15) is 14.4 Å². The zero-order valence-corrected chi connectivity index (χ0v) is 16.3. The largest absolute Gasteiger partial charge is 0.355 e. The van der Waals surface area contributed by atoms with E-state index < -0.39 is 6.04 Å². The molecule has 0 radical (unpaired) electrons. The van der Waals surface area contributed by atoms with E-state index in [2.05, 4.69) is 10.6 Å². The van der Waals surface area contributed by atoms with Crippen LogP contribution in [-0.2, 0) is 4.79 Å². The summed E-state index contributed by atoms with van der Waals surface area (Å²) in [6.07, 6.45) is 2.44. The summed E-state index contributed by atoms with van der Waals surface area (Å²) in [5.41, 5.74) is 1.82. The number of carbonyl (C=O) groups excluding carboxylic acids is 3. The number of anilines is 1. The lowest BCUT2D eigenvalue weighted by molar-refractivity contribution is -0.121. The highest BCUT2D eigenvalue weighted by molar-refractivity contribution is 7.12. The normalized spacial score (nSPS) is 16.7. The Labute approximate surface area is 162 Å². The van der Waals surface area contributed by atoms with Crippen molar-refractivity contribution in [2.24, 2.45) is 0 Å². The molecule has 2 heterocycles. The van der Waals surface area contributed by atoms with Gasteiger partial charge in [-0.15, -0.1) is 11.3 Å². The fourth-order valence-corrected chi connectivity index (χ4v) is 4.04. The van der Waals surface area contributed by atoms with Crippen LogP contribution in [0, 0.1) is 6.92 Å². The van der Waals surface area contributed by atoms with Crippen molar-refractivity contribution in [1.82, 2.24) is 10.2 Å². The third kappa shape index (κ3) is 4.03. The van der Waals surface area contributed by atoms with Gasteiger partial charge in [0.15, 0.2) is 0 Å². The summed E-state index contributed by atoms with van der Waals surface area (Å²) >= 11 is 1.39. The molecule has 1 fully saturated rings. The van der Waals surface area contributed by atoms with Crippen LogP contribution in [-0.4, -0.2) is 42.3 Å². The number of rotatable bonds is 4. The second-order valence-electron chi connectivity index (χ2n) is 6.53. The minimum atomic E-state index is -0.503. The van der Waals surface area contributed by atoms with E-state index in [0.717, 1.165) is 12.8 Å². The van der Waals surface area contributed by atoms with Gasteiger partial charge < -0.3 is 15.5 Å². The topological polar surface area (TPSA) is 78.5 Å². The highest BCUT2D eigenvalue weighted by Gasteiger charge is 2.33. The summed E-state index contributed by atoms with van der Waals surface area (Å²) in [5, 5.41) is 7.38. The van der Waals surface area contributed by atoms with Crippen molar-refractivity contribution in [3.8, 4) is 0 Å². The molecule has 6 nitrogen and oxygen atoms in total. The first-order valence-electron chi connectivity index (χ1n) is 9.00. The van der Waals surface area contributed by atoms with E-state index in [-0.39, 0.29) is 17.7 Å². The first-order chi connectivity index (χ1) is 13.0. The molecule has 2 N–H and O–H groups in total. The average molecular weight is 385 g/mol. The monoisotopic (exact) mass is 385 g/mol. The van der Waals surface area contributed by atoms with Crippen LogP contribution in [0.4, 0.5) is 5.69 Å². The van der Waals surface area contributed by atoms with E-state index in [4.69, 9.17) is 0 Å². The van der Waals surface area contributed by atoms with E-state index in [0.29, 0.717) is 34.7 Å². The van der Waals surface area contributed by atoms with Crippen LogP contribution >= 0.6 is 11.3 Å². The minimum absolute atomic E-state index is 0.0966. The lowest BCUT2D eigenvalue weighted by Crippen LogP contribution is -2.49. The maximum atomic E-state index is 13.0. The fraction of sp³-hybridized carbons (Fsp3) is 0.350. The molecule has 0 aliphatic carbocycles. The standard InChI is InChI=1S/C20H23N3O3S/c1-13-14(18(24)21-2)7-5-8-15(13)22-19(25)16-9-3-4-11-23(16)20(26)17-10-6-12-27-17/h5-8,10,12,16H,3-4,9,11H2,1-2H3,(H,21,24)(H,22,25). The Bertz CT molecular complexity index is 848. The Balaban J connectivity index is 1.80. The van der Waals surface area contributed by atoms with Gasteiger partial charge in [-0.05, 0) is 55.3 Å². The number of carbonyl (C=O) groups is 3. The average Bonchev–Trinajstić information content (AvgIpc) is 3.23. The van der Waals surface area contributed by atoms with Crippen molar-refractivity contribution in [1.29, 1.82) is 0 Å². The molecule has 0 spiro atoms. The molecule has 1 atom stereocenters. The van der Waals surface area contributed by atoms with Gasteiger partial charge in [0.05, 0.1) is 4.88 Å². The number of hydrogen-bond acceptors (Lipinski definition) is 4. The second-order valence-corrected chi connectivity index (χ2v) is 7.48. The van der Waals surface area contributed by atoms with E-state index in [1.807, 2.05) is 11.4 Å². The van der Waals surface area contributed by atoms with Crippen molar-refractivity contribution >= 4 is 34.7 Å². The van der Waals surface area contributed by atoms with E-state index in [1.54, 1.807) is 43.1 Å². The minimum Gasteiger partial charge on any atom is -0.355 e. The van der Waals surface area contributed by atoms with Gasteiger partial charge in [-0.2, -0.15) is 0 Å². The predicted octanol–water partition coefficient (Wildman–Crippen LogP) is 3.05. The highest BCUT2D eigenvalue weighted by Crippen LogP contribution is 2.24. The smallest absolute Gasteiger partial charge is 0.264 e. The molecule has 3 rings (SSSR count). The van der Waals surface area contributed by atoms with Gasteiger partial charge >= 0.3 is 0 Å². The molecule has 0 saturated carbocycles. The maximum Gasteiger partial charge on any atom is 0.264 e. The van der Waals surface area contributed by atoms with E-state index >= 15 is 0 Å². The van der Waals surface area contributed by atoms with Gasteiger partial charge in [0.2, 0.25) is 5.91 Å². The van der Waals surface area contributed by atoms with Crippen LogP contribution < -0.4 is 10.6 Å². The summed E-state index contributed by atoms with van der Waals surface area (Å²) in [6, 6.07) is 8.35. The summed E-state index contributed by atoms with van der Waals surface area (Å²) in [6.45, 7) is 2.38. The molecule has 142 valence electrons. The lowest BCUT2D eigenvalue weighted by Gasteiger charge is -2.34. The van der Waals surface area contributed by atoms with Crippen LogP contribution in [0.5, 0.6) is 0 Å². The molecule has 1 unspecified atom stereocenters. The number of piperidine rings is 1. The Morgan fingerprint density at radius 3 is 2.67 bits per heavy atom. The Hall–Kier alpha value is -2.67. The second kappa shape index (κ2) is 8.35. The number of hydrogen-bond donors (Lipinski definition) is 2. The number of nitrogens with zero attached hydrogens (tertiary/aromatic N) is 1. The summed E-state index contributed by atoms with van der Waals surface area (Å²) < 4.78 is 0. The third-order valence-corrected chi connectivity index (χ3v) is 5.72. The molecule has 1 aliphatic heterocycles. The first-order valence-corrected chi connectivity index (χ1v) is 9.88. The van der Waals surface area contributed by atoms with Gasteiger partial charge in [-0.3, -0.25) is 14.4 Å². The summed E-state index contributed by atoms with van der Waals surface area (Å²) in [5.74, 6) is -0.506. The molecule has 1 aliphatic rings. The number of likely N-dealkylation sites (tertiary alicyclic amines) is 1. The van der Waals surface area contributed by atoms with Gasteiger partial charge in [0.1, 0.15) is 6.04 Å². The van der Waals surface area contributed by atoms with Crippen LogP contribution in [0.1, 0.15) is 44.9 Å². The zero-order chi connectivity index (χ0) is 19.4. The Morgan fingerprint density at radius 1 is 1.15 bits per heavy atom. The number of nitrogens with one attached hydrogen (secondary N) is 2. The quantitative estimate of drug-likeness (QED) is 0.849. The molecule has 0 bridgehead atoms. The van der Waals surface area contributed by atoms with Crippen LogP contribution in [0.3, 0.4) is 0 Å². The predicted molar refractivity (Wildman–Crippen MR) is 106 cm³/mol. The summed E-state index contributed by atoms with van der Waals surface area (Å²) in [4.78, 5) is 40.0. The van der Waals surface area contributed by atoms with Gasteiger partial charge in [-0.25, -0.2) is 0 Å². The zero-order valence-electron chi connectivity index (χ0n) is 15.5. The van der Waals surface area contributed by atoms with Crippen LogP contribution in [0.15, 0.2) is 35.7 Å². The van der Waals surface area contributed by atoms with Crippen molar-refractivity contribution in [2.75, 3.05) is 18.9 Å². The fourth-order valence-electron chi connectivity index (χ4n) is 3.36. The maximum absolute atomic E-state index is 13.0. The van der Waals surface area contributed by atoms with Crippen molar-refractivity contribution < 1.29 is 14.4 Å². The Kier molecular flexibility index (Phi) is 5.91. The molecule has 27 heavy (non-hydrogen) atoms. The summed E-state index contributed by atoms with van der Waals surface area (Å²) in [7, 11) is 1.57. The van der Waals surface area contributed by atoms with Crippen LogP contribution in [0.2, 0.25) is 0 Å². The molecule has 1 aromatic carbocycles. The molecule has 1 aromatic heterocycles. The van der Waals surface area contributed by atoms with Gasteiger partial charge in [-0.1, -0.05) is 12.1 Å². The molecule has 2 aromatic rings.